The number of ether oxygens (including phenoxy) is 1. The summed E-state index contributed by atoms with van der Waals surface area (Å²) in [6.07, 6.45) is -2.14. The lowest BCUT2D eigenvalue weighted by molar-refractivity contribution is -0.155. The molecule has 0 bridgehead atoms. The van der Waals surface area contributed by atoms with Gasteiger partial charge < -0.3 is 21.1 Å². The van der Waals surface area contributed by atoms with Crippen molar-refractivity contribution in [2.45, 2.75) is 24.7 Å². The third-order valence-corrected chi connectivity index (χ3v) is 5.87. The first-order valence-electron chi connectivity index (χ1n) is 11.3. The van der Waals surface area contributed by atoms with Crippen molar-refractivity contribution in [3.05, 3.63) is 83.4 Å². The number of nitrogen functional groups attached to an aromatic ring is 1. The molecule has 0 radical (unpaired) electrons. The average Bonchev–Trinajstić information content (AvgIpc) is 3.34. The van der Waals surface area contributed by atoms with E-state index in [4.69, 9.17) is 10.5 Å². The zero-order valence-electron chi connectivity index (χ0n) is 19.7. The molecular weight excluding hydrogens is 513 g/mol. The lowest BCUT2D eigenvalue weighted by Gasteiger charge is -2.29. The van der Waals surface area contributed by atoms with Gasteiger partial charge in [0.1, 0.15) is 11.4 Å². The molecule has 0 aliphatic carbocycles. The summed E-state index contributed by atoms with van der Waals surface area (Å²) in [5, 5.41) is 5.04. The van der Waals surface area contributed by atoms with Crippen LogP contribution in [0.2, 0.25) is 0 Å². The van der Waals surface area contributed by atoms with Crippen LogP contribution in [0.15, 0.2) is 60.9 Å². The van der Waals surface area contributed by atoms with Crippen LogP contribution in [0.4, 0.5) is 39.1 Å². The lowest BCUT2D eigenvalue weighted by Crippen LogP contribution is -2.58. The van der Waals surface area contributed by atoms with Gasteiger partial charge in [0, 0.05) is 31.1 Å². The van der Waals surface area contributed by atoms with E-state index < -0.39 is 41.5 Å². The van der Waals surface area contributed by atoms with E-state index in [0.717, 1.165) is 12.1 Å². The molecular formula is C25H22F5N5O3. The molecule has 4 N–H and O–H groups in total. The third kappa shape index (κ3) is 5.99. The van der Waals surface area contributed by atoms with Crippen LogP contribution in [0.1, 0.15) is 27.9 Å². The Kier molecular flexibility index (Phi) is 7.49. The number of hydrogen-bond donors (Lipinski definition) is 3. The molecule has 3 aromatic rings. The Hall–Kier alpha value is -4.26. The quantitative estimate of drug-likeness (QED) is 0.306. The molecule has 1 atom stereocenters. The molecule has 13 heteroatoms. The second kappa shape index (κ2) is 10.6. The maximum Gasteiger partial charge on any atom is 0.418 e. The van der Waals surface area contributed by atoms with Crippen molar-refractivity contribution in [2.24, 2.45) is 0 Å². The normalized spacial score (nSPS) is 17.2. The highest BCUT2D eigenvalue weighted by Gasteiger charge is 2.46. The van der Waals surface area contributed by atoms with Crippen molar-refractivity contribution in [2.75, 3.05) is 24.3 Å². The van der Waals surface area contributed by atoms with E-state index >= 15 is 4.48 Å². The third-order valence-electron chi connectivity index (χ3n) is 5.87. The lowest BCUT2D eigenvalue weighted by atomic mass is 9.96. The van der Waals surface area contributed by atoms with Crippen LogP contribution in [0.5, 0.6) is 0 Å². The van der Waals surface area contributed by atoms with Gasteiger partial charge in [0.05, 0.1) is 35.7 Å². The van der Waals surface area contributed by atoms with Gasteiger partial charge in [-0.25, -0.2) is 4.39 Å². The highest BCUT2D eigenvalue weighted by molar-refractivity contribution is 5.99. The Bertz CT molecular complexity index is 1330. The molecule has 4 rings (SSSR count). The number of rotatable bonds is 7. The number of aromatic nitrogens is 1. The van der Waals surface area contributed by atoms with Crippen molar-refractivity contribution in [3.8, 4) is 0 Å². The van der Waals surface area contributed by atoms with Crippen molar-refractivity contribution in [1.29, 1.82) is 0 Å². The summed E-state index contributed by atoms with van der Waals surface area (Å²) in [6.45, 7) is -0.616. The number of nitrogens with two attached hydrogens (primary N) is 1. The van der Waals surface area contributed by atoms with E-state index in [1.165, 1.54) is 42.7 Å². The Morgan fingerprint density at radius 1 is 1.11 bits per heavy atom. The number of anilines is 3. The van der Waals surface area contributed by atoms with Gasteiger partial charge in [0.25, 0.3) is 11.8 Å². The van der Waals surface area contributed by atoms with E-state index in [2.05, 4.69) is 15.6 Å². The van der Waals surface area contributed by atoms with Crippen molar-refractivity contribution in [1.82, 2.24) is 15.4 Å². The number of benzene rings is 2. The molecule has 1 aliphatic rings. The maximum atomic E-state index is 15.0. The molecule has 1 aliphatic heterocycles. The fourth-order valence-electron chi connectivity index (χ4n) is 3.93. The van der Waals surface area contributed by atoms with E-state index in [0.29, 0.717) is 11.6 Å². The van der Waals surface area contributed by atoms with Gasteiger partial charge in [-0.15, -0.1) is 0 Å². The number of nitrogens with zero attached hydrogens (tertiary/aromatic N) is 2. The van der Waals surface area contributed by atoms with Gasteiger partial charge >= 0.3 is 6.18 Å². The predicted octanol–water partition coefficient (Wildman–Crippen LogP) is 4.37. The summed E-state index contributed by atoms with van der Waals surface area (Å²) in [4.78, 5) is 29.5. The van der Waals surface area contributed by atoms with Crippen LogP contribution in [0, 0.1) is 5.82 Å². The zero-order chi connectivity index (χ0) is 27.5. The van der Waals surface area contributed by atoms with Gasteiger partial charge in [-0.05, 0) is 42.0 Å². The average molecular weight is 535 g/mol. The van der Waals surface area contributed by atoms with Gasteiger partial charge in [-0.1, -0.05) is 16.6 Å². The molecule has 0 spiro atoms. The minimum Gasteiger partial charge on any atom is -0.397 e. The number of carbonyl (C=O) groups is 2. The molecule has 1 unspecified atom stereocenters. The SMILES string of the molecule is Nc1cncc(C(=O)NC2(C(=O)N(F)Cc3ccc(Nc4ccc(F)cc4C(F)(F)F)cc3)CCOC2)c1. The van der Waals surface area contributed by atoms with E-state index in [1.807, 2.05) is 0 Å². The summed E-state index contributed by atoms with van der Waals surface area (Å²) < 4.78 is 73.4. The van der Waals surface area contributed by atoms with E-state index in [1.54, 1.807) is 0 Å². The fourth-order valence-corrected chi connectivity index (χ4v) is 3.93. The molecule has 2 aromatic carbocycles. The molecule has 38 heavy (non-hydrogen) atoms. The number of pyridine rings is 1. The Labute approximate surface area is 213 Å². The van der Waals surface area contributed by atoms with Crippen LogP contribution < -0.4 is 16.4 Å². The minimum absolute atomic E-state index is 0.0375. The highest BCUT2D eigenvalue weighted by Crippen LogP contribution is 2.36. The first-order chi connectivity index (χ1) is 18.0. The smallest absolute Gasteiger partial charge is 0.397 e. The molecule has 8 nitrogen and oxygen atoms in total. The van der Waals surface area contributed by atoms with Gasteiger partial charge in [-0.3, -0.25) is 14.6 Å². The standard InChI is InChI=1S/C25H22F5N5O3/c26-17-3-6-21(20(10-17)25(27,28)29)33-19-4-1-15(2-5-19)13-35(30)23(37)24(7-8-38-14-24)34-22(36)16-9-18(31)12-32-11-16/h1-6,9-12,33H,7-8,13-14,31H2,(H,34,36). The molecule has 1 fully saturated rings. The molecule has 2 amide bonds. The number of hydrogen-bond acceptors (Lipinski definition) is 6. The van der Waals surface area contributed by atoms with Gasteiger partial charge in [-0.2, -0.15) is 18.3 Å². The summed E-state index contributed by atoms with van der Waals surface area (Å²) in [7, 11) is 0. The van der Waals surface area contributed by atoms with Crippen LogP contribution in [-0.2, 0) is 22.3 Å². The Balaban J connectivity index is 1.44. The predicted molar refractivity (Wildman–Crippen MR) is 127 cm³/mol. The van der Waals surface area contributed by atoms with Crippen molar-refractivity contribution >= 4 is 28.9 Å². The largest absolute Gasteiger partial charge is 0.418 e. The number of alkyl halides is 3. The Morgan fingerprint density at radius 2 is 1.84 bits per heavy atom. The topological polar surface area (TPSA) is 110 Å². The van der Waals surface area contributed by atoms with Gasteiger partial charge in [0.15, 0.2) is 0 Å². The number of halogens is 5. The monoisotopic (exact) mass is 535 g/mol. The van der Waals surface area contributed by atoms with Crippen LogP contribution >= 0.6 is 0 Å². The summed E-state index contributed by atoms with van der Waals surface area (Å²) in [5.74, 6) is -2.73. The van der Waals surface area contributed by atoms with Crippen molar-refractivity contribution < 1.29 is 36.4 Å². The number of carbonyl (C=O) groups excluding carboxylic acids is 2. The number of amides is 2. The fraction of sp³-hybridized carbons (Fsp3) is 0.240. The molecule has 2 heterocycles. The molecule has 1 saturated heterocycles. The van der Waals surface area contributed by atoms with Crippen LogP contribution in [-0.4, -0.2) is 40.7 Å². The summed E-state index contributed by atoms with van der Waals surface area (Å²) >= 11 is 0. The summed E-state index contributed by atoms with van der Waals surface area (Å²) in [5.41, 5.74) is 3.34. The second-order valence-corrected chi connectivity index (χ2v) is 8.68. The van der Waals surface area contributed by atoms with Gasteiger partial charge in [0.2, 0.25) is 0 Å². The highest BCUT2D eigenvalue weighted by atomic mass is 19.4. The number of nitrogens with one attached hydrogen (secondary N) is 2. The zero-order valence-corrected chi connectivity index (χ0v) is 19.7. The first-order valence-corrected chi connectivity index (χ1v) is 11.3. The maximum absolute atomic E-state index is 15.0. The van der Waals surface area contributed by atoms with Crippen LogP contribution in [0.3, 0.4) is 0 Å². The van der Waals surface area contributed by atoms with E-state index in [-0.39, 0.29) is 47.4 Å². The minimum atomic E-state index is -4.78. The molecule has 200 valence electrons. The van der Waals surface area contributed by atoms with Crippen molar-refractivity contribution in [3.63, 3.8) is 0 Å². The summed E-state index contributed by atoms with van der Waals surface area (Å²) in [6, 6.07) is 9.20. The van der Waals surface area contributed by atoms with Crippen LogP contribution in [0.25, 0.3) is 0 Å². The van der Waals surface area contributed by atoms with E-state index in [9.17, 15) is 27.2 Å². The second-order valence-electron chi connectivity index (χ2n) is 8.68. The molecule has 1 aromatic heterocycles. The first kappa shape index (κ1) is 26.8. The Morgan fingerprint density at radius 3 is 2.47 bits per heavy atom. The molecule has 0 saturated carbocycles.